The van der Waals surface area contributed by atoms with Crippen molar-refractivity contribution in [2.45, 2.75) is 275 Å². The van der Waals surface area contributed by atoms with E-state index in [2.05, 4.69) is 0 Å². The Morgan fingerprint density at radius 1 is 0.385 bits per heavy atom. The molecule has 0 aromatic carbocycles. The number of carbonyl (C=O) groups is 4. The monoisotopic (exact) mass is 1090 g/mol. The van der Waals surface area contributed by atoms with E-state index in [1.165, 1.54) is 109 Å². The van der Waals surface area contributed by atoms with Crippen LogP contribution in [0.2, 0.25) is 0 Å². The van der Waals surface area contributed by atoms with Gasteiger partial charge < -0.3 is 37.9 Å². The zero-order chi connectivity index (χ0) is 56.5. The molecule has 446 valence electrons. The maximum atomic E-state index is 12.2. The lowest BCUT2D eigenvalue weighted by molar-refractivity contribution is -0.224. The standard InChI is InChI=1S/C19H30O3.C18H30O3.C15H26O3.C14H24O3/c1-4-19(2,3)18(20)22-10-21-15-9-13-8-14(15)17-12-6-5-11(7-12)16(13)17;1-5-18(3,4)17(19)21-11(2)20-16-14-7-12-6-13(9-14)10-15(16)8-12;1-5-15(3,4)14(16)18-10(2)17-13-9-11-6-7-12(13)8-11;1-4-14(2,3)13(15)17-9-16-12-8-10-5-6-11(12)7-10/h11-17H,4-10H2,1-3H3;11-16H,5-10H2,1-4H3;10-13H,5-9H2,1-4H3;10-12H,4-9H2,1-3H3. The highest BCUT2D eigenvalue weighted by atomic mass is 16.7. The minimum Gasteiger partial charge on any atom is -0.438 e. The third-order valence-corrected chi connectivity index (χ3v) is 23.1. The number of rotatable bonds is 20. The molecule has 12 nitrogen and oxygen atoms in total. The van der Waals surface area contributed by atoms with Crippen molar-refractivity contribution in [1.82, 2.24) is 0 Å². The van der Waals surface area contributed by atoms with E-state index in [-0.39, 0.29) is 37.5 Å². The summed E-state index contributed by atoms with van der Waals surface area (Å²) in [5, 5.41) is 0. The average molecular weight is 1100 g/mol. The molecule has 12 aliphatic carbocycles. The van der Waals surface area contributed by atoms with E-state index in [0.29, 0.717) is 42.2 Å². The van der Waals surface area contributed by atoms with Gasteiger partial charge in [0.15, 0.2) is 26.2 Å². The van der Waals surface area contributed by atoms with Crippen LogP contribution in [0.15, 0.2) is 0 Å². The van der Waals surface area contributed by atoms with Gasteiger partial charge in [-0.2, -0.15) is 0 Å². The Morgan fingerprint density at radius 2 is 0.795 bits per heavy atom. The van der Waals surface area contributed by atoms with Gasteiger partial charge in [-0.05, 0) is 293 Å². The van der Waals surface area contributed by atoms with E-state index in [1.54, 1.807) is 0 Å². The Balaban J connectivity index is 0.000000138. The van der Waals surface area contributed by atoms with Gasteiger partial charge in [-0.1, -0.05) is 27.7 Å². The van der Waals surface area contributed by atoms with Crippen molar-refractivity contribution >= 4 is 23.9 Å². The topological polar surface area (TPSA) is 142 Å². The molecular weight excluding hydrogens is 985 g/mol. The van der Waals surface area contributed by atoms with Gasteiger partial charge >= 0.3 is 23.9 Å². The van der Waals surface area contributed by atoms with Gasteiger partial charge in [0.2, 0.25) is 0 Å². The molecule has 15 atom stereocenters. The fraction of sp³-hybridized carbons (Fsp3) is 0.939. The zero-order valence-electron chi connectivity index (χ0n) is 51.4. The molecule has 12 rings (SSSR count). The lowest BCUT2D eigenvalue weighted by Gasteiger charge is -2.54. The number of carbonyl (C=O) groups excluding carboxylic acids is 4. The van der Waals surface area contributed by atoms with Crippen LogP contribution >= 0.6 is 0 Å². The maximum absolute atomic E-state index is 12.2. The molecule has 0 saturated heterocycles. The van der Waals surface area contributed by atoms with Crippen molar-refractivity contribution in [3.63, 3.8) is 0 Å². The second-order valence-electron chi connectivity index (χ2n) is 29.8. The summed E-state index contributed by atoms with van der Waals surface area (Å²) in [4.78, 5) is 47.8. The maximum Gasteiger partial charge on any atom is 0.313 e. The smallest absolute Gasteiger partial charge is 0.313 e. The van der Waals surface area contributed by atoms with Crippen LogP contribution in [0.1, 0.15) is 238 Å². The second-order valence-corrected chi connectivity index (χ2v) is 29.8. The molecule has 0 amide bonds. The van der Waals surface area contributed by atoms with Gasteiger partial charge in [-0.15, -0.1) is 0 Å². The molecule has 0 N–H and O–H groups in total. The number of hydrogen-bond donors (Lipinski definition) is 0. The Morgan fingerprint density at radius 3 is 1.24 bits per heavy atom. The molecule has 12 bridgehead atoms. The van der Waals surface area contributed by atoms with E-state index >= 15 is 0 Å². The summed E-state index contributed by atoms with van der Waals surface area (Å²) in [6.07, 6.45) is 27.8. The molecule has 0 aromatic heterocycles. The molecule has 0 aliphatic heterocycles. The summed E-state index contributed by atoms with van der Waals surface area (Å²) < 4.78 is 45.4. The molecule has 0 aromatic rings. The summed E-state index contributed by atoms with van der Waals surface area (Å²) in [6.45, 7) is 27.5. The molecule has 78 heavy (non-hydrogen) atoms. The lowest BCUT2D eigenvalue weighted by atomic mass is 9.55. The van der Waals surface area contributed by atoms with Gasteiger partial charge in [0.05, 0.1) is 46.1 Å². The van der Waals surface area contributed by atoms with Crippen LogP contribution in [0.5, 0.6) is 0 Å². The Kier molecular flexibility index (Phi) is 20.4. The first-order chi connectivity index (χ1) is 36.8. The summed E-state index contributed by atoms with van der Waals surface area (Å²) in [5.41, 5.74) is -1.61. The van der Waals surface area contributed by atoms with Crippen LogP contribution in [0.25, 0.3) is 0 Å². The van der Waals surface area contributed by atoms with Crippen LogP contribution < -0.4 is 0 Å². The third kappa shape index (κ3) is 14.4. The third-order valence-electron chi connectivity index (χ3n) is 23.1. The predicted molar refractivity (Wildman–Crippen MR) is 301 cm³/mol. The first-order valence-electron chi connectivity index (χ1n) is 32.2. The van der Waals surface area contributed by atoms with Crippen molar-refractivity contribution in [3.05, 3.63) is 0 Å². The summed E-state index contributed by atoms with van der Waals surface area (Å²) in [5.74, 6) is 11.5. The average Bonchev–Trinajstić information content (AvgIpc) is 4.42. The van der Waals surface area contributed by atoms with Crippen molar-refractivity contribution in [3.8, 4) is 0 Å². The van der Waals surface area contributed by atoms with Crippen LogP contribution in [-0.2, 0) is 57.1 Å². The minimum atomic E-state index is -0.415. The van der Waals surface area contributed by atoms with E-state index in [4.69, 9.17) is 37.9 Å². The van der Waals surface area contributed by atoms with Crippen molar-refractivity contribution in [2.24, 2.45) is 105 Å². The number of fused-ring (bicyclic) bond motifs is 13. The number of ether oxygens (including phenoxy) is 8. The van der Waals surface area contributed by atoms with Gasteiger partial charge in [-0.3, -0.25) is 19.2 Å². The van der Waals surface area contributed by atoms with Gasteiger partial charge in [0.25, 0.3) is 0 Å². The number of esters is 4. The van der Waals surface area contributed by atoms with E-state index in [1.807, 2.05) is 96.9 Å². The van der Waals surface area contributed by atoms with Crippen molar-refractivity contribution in [1.29, 1.82) is 0 Å². The van der Waals surface area contributed by atoms with Gasteiger partial charge in [-0.25, -0.2) is 0 Å². The van der Waals surface area contributed by atoms with Crippen LogP contribution in [0, 0.1) is 105 Å². The number of hydrogen-bond acceptors (Lipinski definition) is 12. The van der Waals surface area contributed by atoms with Crippen LogP contribution in [0.3, 0.4) is 0 Å². The van der Waals surface area contributed by atoms with Crippen molar-refractivity contribution < 1.29 is 57.1 Å². The molecule has 12 fully saturated rings. The Labute approximate surface area is 472 Å². The van der Waals surface area contributed by atoms with E-state index in [0.717, 1.165) is 97.2 Å². The second kappa shape index (κ2) is 25.7. The Bertz CT molecular complexity index is 1980. The van der Waals surface area contributed by atoms with Crippen molar-refractivity contribution in [2.75, 3.05) is 13.6 Å². The summed E-state index contributed by atoms with van der Waals surface area (Å²) >= 11 is 0. The first-order valence-corrected chi connectivity index (χ1v) is 32.2. The van der Waals surface area contributed by atoms with Crippen LogP contribution in [0.4, 0.5) is 0 Å². The fourth-order valence-electron chi connectivity index (χ4n) is 17.0. The zero-order valence-corrected chi connectivity index (χ0v) is 51.4. The van der Waals surface area contributed by atoms with E-state index in [9.17, 15) is 19.2 Å². The molecule has 12 saturated carbocycles. The quantitative estimate of drug-likeness (QED) is 0.0496. The summed E-state index contributed by atoms with van der Waals surface area (Å²) in [6, 6.07) is 0. The van der Waals surface area contributed by atoms with Gasteiger partial charge in [0.1, 0.15) is 0 Å². The largest absolute Gasteiger partial charge is 0.438 e. The normalized spacial score (nSPS) is 37.8. The van der Waals surface area contributed by atoms with Gasteiger partial charge in [0, 0.05) is 0 Å². The Hall–Kier alpha value is -2.28. The van der Waals surface area contributed by atoms with E-state index < -0.39 is 34.2 Å². The predicted octanol–water partition coefficient (Wildman–Crippen LogP) is 14.8. The first kappa shape index (κ1) is 61.8. The minimum absolute atomic E-state index is 0.129. The molecule has 0 radical (unpaired) electrons. The molecule has 0 spiro atoms. The highest BCUT2D eigenvalue weighted by Crippen LogP contribution is 2.68. The fourth-order valence-corrected chi connectivity index (χ4v) is 17.0. The lowest BCUT2D eigenvalue weighted by Crippen LogP contribution is -2.50. The van der Waals surface area contributed by atoms with Crippen LogP contribution in [-0.4, -0.2) is 74.5 Å². The molecule has 12 heteroatoms. The molecule has 15 unspecified atom stereocenters. The SMILES string of the molecule is CCC(C)(C)C(=O)OC(C)OC1C2CC3CC(C2)CC1C3.CCC(C)(C)C(=O)OC(C)OC1CC2CCC1C2.CCC(C)(C)C(=O)OCOC1CC2CC1C1C3CCC(C3)C21.CCC(C)(C)C(=O)OCOC1CC2CCC1C2. The highest BCUT2D eigenvalue weighted by molar-refractivity contribution is 5.77. The molecule has 12 aliphatic rings. The highest BCUT2D eigenvalue weighted by Gasteiger charge is 2.62. The molecular formula is C66H110O12. The molecule has 0 heterocycles. The summed E-state index contributed by atoms with van der Waals surface area (Å²) in [7, 11) is 0.